The average molecular weight is 673 g/mol. The molecule has 0 unspecified atom stereocenters. The summed E-state index contributed by atoms with van der Waals surface area (Å²) in [5.41, 5.74) is 3.71. The Labute approximate surface area is 254 Å². The van der Waals surface area contributed by atoms with Crippen molar-refractivity contribution in [3.05, 3.63) is 106 Å². The SMILES string of the molecule is COc1ccc(S(=O)(=O)N(CC(=O)Nc2ccc(S(=O)(=O)Nc3cc(C)ccc3C)cc2)c2ccc(C)cc2)cc1Br. The molecule has 0 aromatic heterocycles. The number of carbonyl (C=O) groups excluding carboxylic acids is 1. The van der Waals surface area contributed by atoms with Crippen LogP contribution in [0.15, 0.2) is 99.2 Å². The van der Waals surface area contributed by atoms with Crippen LogP contribution in [-0.4, -0.2) is 36.4 Å². The maximum atomic E-state index is 13.7. The lowest BCUT2D eigenvalue weighted by Crippen LogP contribution is -2.38. The molecule has 4 aromatic carbocycles. The molecule has 0 aliphatic carbocycles. The van der Waals surface area contributed by atoms with Crippen molar-refractivity contribution in [2.45, 2.75) is 30.6 Å². The number of sulfonamides is 2. The molecule has 0 aliphatic rings. The van der Waals surface area contributed by atoms with Crippen LogP contribution in [0.1, 0.15) is 16.7 Å². The van der Waals surface area contributed by atoms with Crippen molar-refractivity contribution in [3.8, 4) is 5.75 Å². The number of benzene rings is 4. The zero-order chi connectivity index (χ0) is 30.7. The van der Waals surface area contributed by atoms with Gasteiger partial charge < -0.3 is 10.1 Å². The minimum Gasteiger partial charge on any atom is -0.496 e. The Kier molecular flexibility index (Phi) is 9.29. The van der Waals surface area contributed by atoms with Crippen LogP contribution in [0, 0.1) is 20.8 Å². The number of hydrogen-bond acceptors (Lipinski definition) is 6. The smallest absolute Gasteiger partial charge is 0.264 e. The van der Waals surface area contributed by atoms with Gasteiger partial charge in [-0.05, 0) is 108 Å². The van der Waals surface area contributed by atoms with E-state index in [9.17, 15) is 21.6 Å². The molecule has 0 atom stereocenters. The predicted octanol–water partition coefficient (Wildman–Crippen LogP) is 6.02. The number of ether oxygens (including phenoxy) is 1. The molecule has 0 radical (unpaired) electrons. The van der Waals surface area contributed by atoms with Crippen LogP contribution >= 0.6 is 15.9 Å². The van der Waals surface area contributed by atoms with E-state index in [0.717, 1.165) is 21.0 Å². The summed E-state index contributed by atoms with van der Waals surface area (Å²) >= 11 is 3.32. The van der Waals surface area contributed by atoms with Gasteiger partial charge in [-0.1, -0.05) is 29.8 Å². The first kappa shape index (κ1) is 31.1. The zero-order valence-electron chi connectivity index (χ0n) is 23.4. The predicted molar refractivity (Wildman–Crippen MR) is 168 cm³/mol. The van der Waals surface area contributed by atoms with Crippen molar-refractivity contribution in [1.82, 2.24) is 0 Å². The fraction of sp³-hybridized carbons (Fsp3) is 0.167. The van der Waals surface area contributed by atoms with Gasteiger partial charge in [0.15, 0.2) is 0 Å². The maximum Gasteiger partial charge on any atom is 0.264 e. The van der Waals surface area contributed by atoms with Gasteiger partial charge in [0.05, 0.1) is 32.7 Å². The number of aryl methyl sites for hydroxylation is 3. The maximum absolute atomic E-state index is 13.7. The summed E-state index contributed by atoms with van der Waals surface area (Å²) in [7, 11) is -6.57. The highest BCUT2D eigenvalue weighted by atomic mass is 79.9. The monoisotopic (exact) mass is 671 g/mol. The van der Waals surface area contributed by atoms with Gasteiger partial charge in [0.25, 0.3) is 20.0 Å². The van der Waals surface area contributed by atoms with Gasteiger partial charge >= 0.3 is 0 Å². The van der Waals surface area contributed by atoms with Crippen molar-refractivity contribution in [2.75, 3.05) is 28.0 Å². The van der Waals surface area contributed by atoms with Gasteiger partial charge in [-0.2, -0.15) is 0 Å². The summed E-state index contributed by atoms with van der Waals surface area (Å²) in [6.45, 7) is 5.03. The molecule has 0 saturated carbocycles. The van der Waals surface area contributed by atoms with Crippen LogP contribution in [0.25, 0.3) is 0 Å². The molecular weight excluding hydrogens is 642 g/mol. The minimum absolute atomic E-state index is 0.00958. The highest BCUT2D eigenvalue weighted by Gasteiger charge is 2.28. The Morgan fingerprint density at radius 1 is 0.810 bits per heavy atom. The summed E-state index contributed by atoms with van der Waals surface area (Å²) in [5, 5.41) is 2.66. The molecule has 4 rings (SSSR count). The third kappa shape index (κ3) is 7.12. The zero-order valence-corrected chi connectivity index (χ0v) is 26.6. The number of amides is 1. The molecule has 9 nitrogen and oxygen atoms in total. The first-order chi connectivity index (χ1) is 19.8. The molecule has 42 heavy (non-hydrogen) atoms. The number of rotatable bonds is 10. The van der Waals surface area contributed by atoms with Gasteiger partial charge in [0.1, 0.15) is 12.3 Å². The lowest BCUT2D eigenvalue weighted by molar-refractivity contribution is -0.114. The van der Waals surface area contributed by atoms with Gasteiger partial charge in [0, 0.05) is 5.69 Å². The highest BCUT2D eigenvalue weighted by Crippen LogP contribution is 2.31. The topological polar surface area (TPSA) is 122 Å². The number of halogens is 1. The molecule has 4 aromatic rings. The number of nitrogens with one attached hydrogen (secondary N) is 2. The Balaban J connectivity index is 1.55. The molecule has 0 aliphatic heterocycles. The van der Waals surface area contributed by atoms with E-state index < -0.39 is 32.5 Å². The lowest BCUT2D eigenvalue weighted by Gasteiger charge is -2.24. The van der Waals surface area contributed by atoms with Crippen molar-refractivity contribution < 1.29 is 26.4 Å². The second-order valence-corrected chi connectivity index (χ2v) is 14.0. The van der Waals surface area contributed by atoms with Gasteiger partial charge in [0.2, 0.25) is 5.91 Å². The van der Waals surface area contributed by atoms with E-state index in [1.165, 1.54) is 49.6 Å². The minimum atomic E-state index is -4.16. The van der Waals surface area contributed by atoms with Gasteiger partial charge in [-0.3, -0.25) is 13.8 Å². The van der Waals surface area contributed by atoms with Crippen LogP contribution < -0.4 is 19.1 Å². The van der Waals surface area contributed by atoms with E-state index >= 15 is 0 Å². The first-order valence-electron chi connectivity index (χ1n) is 12.7. The summed E-state index contributed by atoms with van der Waals surface area (Å²) in [4.78, 5) is 13.1. The molecule has 0 heterocycles. The van der Waals surface area contributed by atoms with Gasteiger partial charge in [-0.15, -0.1) is 0 Å². The molecule has 0 bridgehead atoms. The van der Waals surface area contributed by atoms with Crippen LogP contribution in [0.4, 0.5) is 17.1 Å². The molecule has 12 heteroatoms. The Hall–Kier alpha value is -3.87. The Morgan fingerprint density at radius 3 is 2.05 bits per heavy atom. The van der Waals surface area contributed by atoms with Crippen molar-refractivity contribution in [1.29, 1.82) is 0 Å². The molecule has 0 spiro atoms. The highest BCUT2D eigenvalue weighted by molar-refractivity contribution is 9.10. The third-order valence-electron chi connectivity index (χ3n) is 6.41. The van der Waals surface area contributed by atoms with E-state index in [1.807, 2.05) is 32.9 Å². The molecule has 0 fully saturated rings. The second-order valence-electron chi connectivity index (χ2n) is 9.64. The van der Waals surface area contributed by atoms with Crippen molar-refractivity contribution >= 4 is 58.9 Å². The number of anilines is 3. The van der Waals surface area contributed by atoms with Crippen molar-refractivity contribution in [2.24, 2.45) is 0 Å². The molecule has 0 saturated heterocycles. The number of nitrogens with zero attached hydrogens (tertiary/aromatic N) is 1. The fourth-order valence-electron chi connectivity index (χ4n) is 4.06. The summed E-state index contributed by atoms with van der Waals surface area (Å²) in [6.07, 6.45) is 0. The van der Waals surface area contributed by atoms with Gasteiger partial charge in [-0.25, -0.2) is 16.8 Å². The van der Waals surface area contributed by atoms with Crippen LogP contribution in [-0.2, 0) is 24.8 Å². The average Bonchev–Trinajstić information content (AvgIpc) is 2.94. The van der Waals surface area contributed by atoms with Crippen LogP contribution in [0.2, 0.25) is 0 Å². The molecule has 220 valence electrons. The third-order valence-corrected chi connectivity index (χ3v) is 10.2. The summed E-state index contributed by atoms with van der Waals surface area (Å²) in [6, 6.07) is 22.2. The fourth-order valence-corrected chi connectivity index (χ4v) is 7.32. The largest absolute Gasteiger partial charge is 0.496 e. The Bertz CT molecular complexity index is 1830. The van der Waals surface area contributed by atoms with E-state index in [-0.39, 0.29) is 9.79 Å². The summed E-state index contributed by atoms with van der Waals surface area (Å²) < 4.78 is 62.6. The normalized spacial score (nSPS) is 11.5. The van der Waals surface area contributed by atoms with E-state index in [2.05, 4.69) is 26.0 Å². The molecule has 1 amide bonds. The Morgan fingerprint density at radius 2 is 1.43 bits per heavy atom. The summed E-state index contributed by atoms with van der Waals surface area (Å²) in [5.74, 6) is -0.154. The van der Waals surface area contributed by atoms with Crippen LogP contribution in [0.5, 0.6) is 5.75 Å². The molecule has 2 N–H and O–H groups in total. The number of methoxy groups -OCH3 is 1. The van der Waals surface area contributed by atoms with E-state index in [4.69, 9.17) is 4.74 Å². The number of hydrogen-bond donors (Lipinski definition) is 2. The lowest BCUT2D eigenvalue weighted by atomic mass is 10.1. The second kappa shape index (κ2) is 12.6. The van der Waals surface area contributed by atoms with E-state index in [1.54, 1.807) is 30.3 Å². The standard InChI is InChI=1S/C30H30BrN3O6S2/c1-20-6-11-24(12-7-20)34(42(38,39)26-15-16-29(40-4)27(31)18-26)19-30(35)32-23-9-13-25(14-10-23)41(36,37)33-28-17-21(2)5-8-22(28)3/h5-18,33H,19H2,1-4H3,(H,32,35). The first-order valence-corrected chi connectivity index (χ1v) is 16.4. The number of carbonyl (C=O) groups is 1. The molecular formula is C30H30BrN3O6S2. The quantitative estimate of drug-likeness (QED) is 0.213. The van der Waals surface area contributed by atoms with Crippen LogP contribution in [0.3, 0.4) is 0 Å². The van der Waals surface area contributed by atoms with Crippen molar-refractivity contribution in [3.63, 3.8) is 0 Å². The van der Waals surface area contributed by atoms with E-state index in [0.29, 0.717) is 27.3 Å².